The monoisotopic (exact) mass is 689 g/mol. The van der Waals surface area contributed by atoms with E-state index in [9.17, 15) is 0 Å². The number of para-hydroxylation sites is 2. The summed E-state index contributed by atoms with van der Waals surface area (Å²) < 4.78 is 6.79. The first-order chi connectivity index (χ1) is 26.8. The maximum absolute atomic E-state index is 6.79. The highest BCUT2D eigenvalue weighted by molar-refractivity contribution is 6.17. The Morgan fingerprint density at radius 1 is 0.333 bits per heavy atom. The molecule has 0 saturated carbocycles. The summed E-state index contributed by atoms with van der Waals surface area (Å²) in [7, 11) is 0. The van der Waals surface area contributed by atoms with Crippen LogP contribution in [0.15, 0.2) is 217 Å². The van der Waals surface area contributed by atoms with Gasteiger partial charge in [-0.1, -0.05) is 176 Å². The van der Waals surface area contributed by atoms with Crippen molar-refractivity contribution in [1.29, 1.82) is 0 Å². The predicted octanol–water partition coefficient (Wildman–Crippen LogP) is 14.9. The summed E-state index contributed by atoms with van der Waals surface area (Å²) in [6.07, 6.45) is 0. The van der Waals surface area contributed by atoms with Gasteiger partial charge < -0.3 is 9.32 Å². The van der Waals surface area contributed by atoms with E-state index in [1.165, 1.54) is 27.5 Å². The van der Waals surface area contributed by atoms with E-state index >= 15 is 0 Å². The van der Waals surface area contributed by atoms with E-state index in [0.29, 0.717) is 0 Å². The molecule has 0 fully saturated rings. The van der Waals surface area contributed by atoms with E-state index in [4.69, 9.17) is 4.42 Å². The maximum atomic E-state index is 6.79. The number of hydrogen-bond donors (Lipinski definition) is 0. The topological polar surface area (TPSA) is 16.4 Å². The highest BCUT2D eigenvalue weighted by atomic mass is 16.3. The molecule has 0 aliphatic rings. The SMILES string of the molecule is c1ccc(-c2ccc(-c3ccccc3N(c3cccc(-c4cccc5ccccc45)c3)c3ccc(-c4ccccc4)c4oc5ccccc5c34)cc2)cc1. The van der Waals surface area contributed by atoms with Crippen LogP contribution in [-0.2, 0) is 0 Å². The second kappa shape index (κ2) is 13.4. The van der Waals surface area contributed by atoms with Crippen LogP contribution in [0.25, 0.3) is 77.2 Å². The number of rotatable bonds is 7. The molecule has 2 heteroatoms. The molecule has 0 bridgehead atoms. The number of fused-ring (bicyclic) bond motifs is 4. The Kier molecular flexibility index (Phi) is 7.85. The fourth-order valence-corrected chi connectivity index (χ4v) is 7.93. The van der Waals surface area contributed by atoms with Crippen molar-refractivity contribution in [2.24, 2.45) is 0 Å². The van der Waals surface area contributed by atoms with Gasteiger partial charge in [-0.15, -0.1) is 0 Å². The first kappa shape index (κ1) is 31.6. The molecule has 1 heterocycles. The quantitative estimate of drug-likeness (QED) is 0.166. The van der Waals surface area contributed by atoms with Crippen LogP contribution in [0.5, 0.6) is 0 Å². The van der Waals surface area contributed by atoms with Crippen molar-refractivity contribution in [3.63, 3.8) is 0 Å². The minimum atomic E-state index is 0.867. The lowest BCUT2D eigenvalue weighted by atomic mass is 9.95. The lowest BCUT2D eigenvalue weighted by molar-refractivity contribution is 0.670. The standard InChI is InChI=1S/C52H35NO/c1-3-15-36(16-4-1)37-29-31-40(32-30-37)45-24-9-11-27-48(45)53(42-22-13-21-41(35-42)44-26-14-20-38-19-7-8-23-43(38)44)49-34-33-46(39-17-5-2-6-18-39)52-51(49)47-25-10-12-28-50(47)54-52/h1-35H. The van der Waals surface area contributed by atoms with Crippen LogP contribution in [-0.4, -0.2) is 0 Å². The summed E-state index contributed by atoms with van der Waals surface area (Å²) >= 11 is 0. The van der Waals surface area contributed by atoms with E-state index < -0.39 is 0 Å². The summed E-state index contributed by atoms with van der Waals surface area (Å²) in [5.74, 6) is 0. The molecule has 0 spiro atoms. The number of nitrogens with zero attached hydrogens (tertiary/aromatic N) is 1. The predicted molar refractivity (Wildman–Crippen MR) is 228 cm³/mol. The van der Waals surface area contributed by atoms with Gasteiger partial charge in [0.05, 0.1) is 16.8 Å². The Hall–Kier alpha value is -7.16. The fraction of sp³-hybridized carbons (Fsp3) is 0. The van der Waals surface area contributed by atoms with Gasteiger partial charge in [0.15, 0.2) is 0 Å². The lowest BCUT2D eigenvalue weighted by Crippen LogP contribution is -2.12. The summed E-state index contributed by atoms with van der Waals surface area (Å²) in [5, 5.41) is 4.62. The van der Waals surface area contributed by atoms with Crippen LogP contribution >= 0.6 is 0 Å². The third-order valence-corrected chi connectivity index (χ3v) is 10.5. The molecule has 54 heavy (non-hydrogen) atoms. The highest BCUT2D eigenvalue weighted by Gasteiger charge is 2.24. The molecule has 0 N–H and O–H groups in total. The minimum absolute atomic E-state index is 0.867. The molecule has 9 aromatic carbocycles. The largest absolute Gasteiger partial charge is 0.455 e. The number of anilines is 3. The summed E-state index contributed by atoms with van der Waals surface area (Å²) in [4.78, 5) is 2.42. The van der Waals surface area contributed by atoms with Gasteiger partial charge in [0, 0.05) is 22.2 Å². The third kappa shape index (κ3) is 5.53. The van der Waals surface area contributed by atoms with Crippen molar-refractivity contribution in [3.8, 4) is 44.5 Å². The molecule has 0 aliphatic heterocycles. The van der Waals surface area contributed by atoms with Crippen molar-refractivity contribution < 1.29 is 4.42 Å². The smallest absolute Gasteiger partial charge is 0.145 e. The molecular formula is C52H35NO. The maximum Gasteiger partial charge on any atom is 0.145 e. The van der Waals surface area contributed by atoms with E-state index in [2.05, 4.69) is 211 Å². The summed E-state index contributed by atoms with van der Waals surface area (Å²) in [5.41, 5.74) is 14.2. The Balaban J connectivity index is 1.23. The molecule has 10 aromatic rings. The van der Waals surface area contributed by atoms with E-state index in [1.807, 2.05) is 6.07 Å². The van der Waals surface area contributed by atoms with Crippen LogP contribution in [0.2, 0.25) is 0 Å². The van der Waals surface area contributed by atoms with Gasteiger partial charge in [0.25, 0.3) is 0 Å². The van der Waals surface area contributed by atoms with Gasteiger partial charge in [-0.05, 0) is 80.6 Å². The van der Waals surface area contributed by atoms with Crippen molar-refractivity contribution >= 4 is 49.8 Å². The van der Waals surface area contributed by atoms with Gasteiger partial charge in [0.2, 0.25) is 0 Å². The fourth-order valence-electron chi connectivity index (χ4n) is 7.93. The van der Waals surface area contributed by atoms with E-state index in [0.717, 1.165) is 66.8 Å². The van der Waals surface area contributed by atoms with Crippen LogP contribution in [0.1, 0.15) is 0 Å². The van der Waals surface area contributed by atoms with E-state index in [-0.39, 0.29) is 0 Å². The molecular weight excluding hydrogens is 655 g/mol. The number of furan rings is 1. The van der Waals surface area contributed by atoms with Crippen molar-refractivity contribution in [2.45, 2.75) is 0 Å². The van der Waals surface area contributed by atoms with Gasteiger partial charge >= 0.3 is 0 Å². The molecule has 0 aliphatic carbocycles. The molecule has 254 valence electrons. The molecule has 0 atom stereocenters. The average Bonchev–Trinajstić information content (AvgIpc) is 3.65. The highest BCUT2D eigenvalue weighted by Crippen LogP contribution is 2.48. The second-order valence-corrected chi connectivity index (χ2v) is 13.7. The molecule has 0 amide bonds. The molecule has 2 nitrogen and oxygen atoms in total. The second-order valence-electron chi connectivity index (χ2n) is 13.7. The van der Waals surface area contributed by atoms with Crippen LogP contribution in [0.3, 0.4) is 0 Å². The summed E-state index contributed by atoms with van der Waals surface area (Å²) in [6.45, 7) is 0. The van der Waals surface area contributed by atoms with Gasteiger partial charge in [-0.25, -0.2) is 0 Å². The van der Waals surface area contributed by atoms with Crippen LogP contribution < -0.4 is 4.90 Å². The first-order valence-corrected chi connectivity index (χ1v) is 18.4. The zero-order chi connectivity index (χ0) is 35.8. The Morgan fingerprint density at radius 2 is 0.907 bits per heavy atom. The van der Waals surface area contributed by atoms with Crippen molar-refractivity contribution in [3.05, 3.63) is 212 Å². The Bertz CT molecular complexity index is 2920. The number of hydrogen-bond acceptors (Lipinski definition) is 2. The molecule has 0 saturated heterocycles. The van der Waals surface area contributed by atoms with Crippen LogP contribution in [0, 0.1) is 0 Å². The molecule has 10 rings (SSSR count). The number of benzene rings is 9. The molecule has 0 radical (unpaired) electrons. The summed E-state index contributed by atoms with van der Waals surface area (Å²) in [6, 6.07) is 75.8. The lowest BCUT2D eigenvalue weighted by Gasteiger charge is -2.29. The molecule has 0 unspecified atom stereocenters. The zero-order valence-electron chi connectivity index (χ0n) is 29.6. The third-order valence-electron chi connectivity index (χ3n) is 10.5. The molecule has 1 aromatic heterocycles. The van der Waals surface area contributed by atoms with Crippen LogP contribution in [0.4, 0.5) is 17.1 Å². The minimum Gasteiger partial charge on any atom is -0.455 e. The van der Waals surface area contributed by atoms with Gasteiger partial charge in [-0.2, -0.15) is 0 Å². The average molecular weight is 690 g/mol. The van der Waals surface area contributed by atoms with Crippen molar-refractivity contribution in [1.82, 2.24) is 0 Å². The Labute approximate surface area is 314 Å². The Morgan fingerprint density at radius 3 is 1.74 bits per heavy atom. The van der Waals surface area contributed by atoms with Gasteiger partial charge in [0.1, 0.15) is 11.2 Å². The zero-order valence-corrected chi connectivity index (χ0v) is 29.6. The first-order valence-electron chi connectivity index (χ1n) is 18.4. The van der Waals surface area contributed by atoms with Crippen molar-refractivity contribution in [2.75, 3.05) is 4.90 Å². The van der Waals surface area contributed by atoms with Gasteiger partial charge in [-0.3, -0.25) is 0 Å². The van der Waals surface area contributed by atoms with E-state index in [1.54, 1.807) is 0 Å². The normalized spacial score (nSPS) is 11.3.